The third-order valence-electron chi connectivity index (χ3n) is 4.31. The molecule has 25 heavy (non-hydrogen) atoms. The zero-order valence-electron chi connectivity index (χ0n) is 14.0. The Morgan fingerprint density at radius 3 is 2.56 bits per heavy atom. The molecule has 0 spiro atoms. The first-order chi connectivity index (χ1) is 12.4. The Bertz CT molecular complexity index is 966. The van der Waals surface area contributed by atoms with Gasteiger partial charge in [-0.25, -0.2) is 4.98 Å². The quantitative estimate of drug-likeness (QED) is 0.472. The van der Waals surface area contributed by atoms with Gasteiger partial charge in [0.05, 0.1) is 17.3 Å². The number of imidazole rings is 1. The lowest BCUT2D eigenvalue weighted by atomic mass is 10.1. The van der Waals surface area contributed by atoms with Crippen molar-refractivity contribution in [2.24, 2.45) is 0 Å². The van der Waals surface area contributed by atoms with Crippen molar-refractivity contribution >= 4 is 23.2 Å². The van der Waals surface area contributed by atoms with Crippen molar-refractivity contribution in [3.63, 3.8) is 0 Å². The molecule has 2 heterocycles. The Morgan fingerprint density at radius 1 is 0.880 bits per heavy atom. The fourth-order valence-electron chi connectivity index (χ4n) is 3.09. The van der Waals surface area contributed by atoms with Crippen LogP contribution >= 0.6 is 0 Å². The van der Waals surface area contributed by atoms with E-state index >= 15 is 0 Å². The molecule has 124 valence electrons. The van der Waals surface area contributed by atoms with E-state index in [1.54, 1.807) is 6.26 Å². The lowest BCUT2D eigenvalue weighted by Crippen LogP contribution is -2.02. The summed E-state index contributed by atoms with van der Waals surface area (Å²) in [6, 6.07) is 22.8. The fraction of sp³-hybridized carbons (Fsp3) is 0.136. The van der Waals surface area contributed by atoms with E-state index in [4.69, 9.17) is 9.40 Å². The van der Waals surface area contributed by atoms with Crippen molar-refractivity contribution in [2.45, 2.75) is 19.4 Å². The maximum atomic E-state index is 5.38. The summed E-state index contributed by atoms with van der Waals surface area (Å²) in [5.41, 5.74) is 3.58. The van der Waals surface area contributed by atoms with Crippen molar-refractivity contribution in [1.82, 2.24) is 9.55 Å². The van der Waals surface area contributed by atoms with Crippen LogP contribution in [-0.4, -0.2) is 9.55 Å². The number of nitrogens with zero attached hydrogens (tertiary/aromatic N) is 2. The van der Waals surface area contributed by atoms with E-state index in [0.29, 0.717) is 0 Å². The Morgan fingerprint density at radius 2 is 1.72 bits per heavy atom. The Kier molecular flexibility index (Phi) is 4.46. The number of benzene rings is 2. The molecule has 2 aromatic carbocycles. The Labute approximate surface area is 147 Å². The molecule has 0 N–H and O–H groups in total. The van der Waals surface area contributed by atoms with Crippen LogP contribution in [0.4, 0.5) is 0 Å². The van der Waals surface area contributed by atoms with E-state index in [2.05, 4.69) is 53.1 Å². The van der Waals surface area contributed by atoms with Gasteiger partial charge in [-0.15, -0.1) is 0 Å². The van der Waals surface area contributed by atoms with Crippen LogP contribution in [0.15, 0.2) is 77.4 Å². The van der Waals surface area contributed by atoms with Crippen LogP contribution in [0.2, 0.25) is 0 Å². The minimum atomic E-state index is 0.836. The summed E-state index contributed by atoms with van der Waals surface area (Å²) < 4.78 is 7.67. The second-order valence-corrected chi connectivity index (χ2v) is 6.05. The van der Waals surface area contributed by atoms with E-state index in [1.807, 2.05) is 30.4 Å². The maximum Gasteiger partial charge on any atom is 0.133 e. The molecule has 0 saturated carbocycles. The van der Waals surface area contributed by atoms with E-state index in [0.717, 1.165) is 36.5 Å². The molecule has 0 unspecified atom stereocenters. The van der Waals surface area contributed by atoms with Gasteiger partial charge in [-0.1, -0.05) is 42.5 Å². The molecule has 0 radical (unpaired) electrons. The number of hydrogen-bond acceptors (Lipinski definition) is 2. The van der Waals surface area contributed by atoms with Crippen LogP contribution in [0.3, 0.4) is 0 Å². The Balaban J connectivity index is 1.58. The zero-order chi connectivity index (χ0) is 16.9. The van der Waals surface area contributed by atoms with Gasteiger partial charge in [-0.3, -0.25) is 0 Å². The molecule has 4 aromatic rings. The van der Waals surface area contributed by atoms with Gasteiger partial charge in [-0.2, -0.15) is 0 Å². The highest BCUT2D eigenvalue weighted by molar-refractivity contribution is 5.79. The lowest BCUT2D eigenvalue weighted by molar-refractivity contribution is 0.557. The van der Waals surface area contributed by atoms with Gasteiger partial charge in [0.2, 0.25) is 0 Å². The standard InChI is InChI=1S/C22H20N2O/c1-2-8-18(9-3-1)10-6-16-24-21-13-5-4-12-20(21)23-22(24)15-14-19-11-7-17-25-19/h1-5,7-9,11-15,17H,6,10,16H2/b15-14+. The smallest absolute Gasteiger partial charge is 0.133 e. The molecule has 2 aromatic heterocycles. The first kappa shape index (κ1) is 15.5. The van der Waals surface area contributed by atoms with Crippen LogP contribution in [0.5, 0.6) is 0 Å². The van der Waals surface area contributed by atoms with Crippen molar-refractivity contribution in [2.75, 3.05) is 0 Å². The summed E-state index contributed by atoms with van der Waals surface area (Å²) in [4.78, 5) is 4.77. The van der Waals surface area contributed by atoms with Crippen LogP contribution in [0.1, 0.15) is 23.6 Å². The van der Waals surface area contributed by atoms with Crippen molar-refractivity contribution in [3.05, 3.63) is 90.1 Å². The number of hydrogen-bond donors (Lipinski definition) is 0. The number of aromatic nitrogens is 2. The average molecular weight is 328 g/mol. The van der Waals surface area contributed by atoms with Crippen LogP contribution in [-0.2, 0) is 13.0 Å². The predicted molar refractivity (Wildman–Crippen MR) is 102 cm³/mol. The van der Waals surface area contributed by atoms with Gasteiger partial charge in [0.15, 0.2) is 0 Å². The molecule has 0 amide bonds. The summed E-state index contributed by atoms with van der Waals surface area (Å²) in [6.45, 7) is 0.938. The molecule has 3 nitrogen and oxygen atoms in total. The van der Waals surface area contributed by atoms with Crippen LogP contribution in [0.25, 0.3) is 23.2 Å². The normalized spacial score (nSPS) is 11.5. The predicted octanol–water partition coefficient (Wildman–Crippen LogP) is 5.43. The zero-order valence-corrected chi connectivity index (χ0v) is 14.0. The summed E-state index contributed by atoms with van der Waals surface area (Å²) in [5.74, 6) is 1.80. The lowest BCUT2D eigenvalue weighted by Gasteiger charge is -2.07. The van der Waals surface area contributed by atoms with Crippen molar-refractivity contribution in [1.29, 1.82) is 0 Å². The molecule has 0 aliphatic heterocycles. The van der Waals surface area contributed by atoms with E-state index in [-0.39, 0.29) is 0 Å². The second-order valence-electron chi connectivity index (χ2n) is 6.05. The van der Waals surface area contributed by atoms with Crippen LogP contribution < -0.4 is 0 Å². The summed E-state index contributed by atoms with van der Waals surface area (Å²) >= 11 is 0. The highest BCUT2D eigenvalue weighted by Gasteiger charge is 2.08. The number of para-hydroxylation sites is 2. The third-order valence-corrected chi connectivity index (χ3v) is 4.31. The van der Waals surface area contributed by atoms with Gasteiger partial charge in [0.1, 0.15) is 11.6 Å². The number of fused-ring (bicyclic) bond motifs is 1. The van der Waals surface area contributed by atoms with Crippen LogP contribution in [0, 0.1) is 0 Å². The molecule has 0 saturated heterocycles. The van der Waals surface area contributed by atoms with Gasteiger partial charge in [0.25, 0.3) is 0 Å². The largest absolute Gasteiger partial charge is 0.465 e. The number of furan rings is 1. The topological polar surface area (TPSA) is 31.0 Å². The first-order valence-corrected chi connectivity index (χ1v) is 8.61. The van der Waals surface area contributed by atoms with E-state index in [1.165, 1.54) is 11.1 Å². The molecular weight excluding hydrogens is 308 g/mol. The second kappa shape index (κ2) is 7.22. The SMILES string of the molecule is C(=C\c1nc2ccccc2n1CCCc1ccccc1)/c1ccco1. The molecule has 0 fully saturated rings. The molecule has 4 rings (SSSR count). The van der Waals surface area contributed by atoms with E-state index < -0.39 is 0 Å². The molecule has 0 aliphatic carbocycles. The first-order valence-electron chi connectivity index (χ1n) is 8.61. The Hall–Kier alpha value is -3.07. The fourth-order valence-corrected chi connectivity index (χ4v) is 3.09. The summed E-state index contributed by atoms with van der Waals surface area (Å²) in [7, 11) is 0. The highest BCUT2D eigenvalue weighted by atomic mass is 16.3. The highest BCUT2D eigenvalue weighted by Crippen LogP contribution is 2.19. The molecule has 0 bridgehead atoms. The van der Waals surface area contributed by atoms with Crippen molar-refractivity contribution < 1.29 is 4.42 Å². The third kappa shape index (κ3) is 3.56. The molecule has 0 aliphatic rings. The number of rotatable bonds is 6. The molecular formula is C22H20N2O. The molecule has 0 atom stereocenters. The van der Waals surface area contributed by atoms with Gasteiger partial charge in [0, 0.05) is 6.54 Å². The average Bonchev–Trinajstić information content (AvgIpc) is 3.29. The van der Waals surface area contributed by atoms with Gasteiger partial charge in [-0.05, 0) is 54.8 Å². The number of aryl methyl sites for hydroxylation is 2. The summed E-state index contributed by atoms with van der Waals surface area (Å²) in [5, 5.41) is 0. The van der Waals surface area contributed by atoms with Gasteiger partial charge >= 0.3 is 0 Å². The monoisotopic (exact) mass is 328 g/mol. The van der Waals surface area contributed by atoms with Gasteiger partial charge < -0.3 is 8.98 Å². The molecule has 3 heteroatoms. The maximum absolute atomic E-state index is 5.38. The van der Waals surface area contributed by atoms with E-state index in [9.17, 15) is 0 Å². The minimum Gasteiger partial charge on any atom is -0.465 e. The minimum absolute atomic E-state index is 0.836. The van der Waals surface area contributed by atoms with Crippen molar-refractivity contribution in [3.8, 4) is 0 Å². The summed E-state index contributed by atoms with van der Waals surface area (Å²) in [6.07, 6.45) is 7.82.